The molecule has 1 aliphatic heterocycles. The van der Waals surface area contributed by atoms with Gasteiger partial charge in [0.15, 0.2) is 18.1 Å². The molecule has 1 N–H and O–H groups in total. The van der Waals surface area contributed by atoms with E-state index in [0.717, 1.165) is 5.56 Å². The number of esters is 1. The minimum absolute atomic E-state index is 0.206. The van der Waals surface area contributed by atoms with E-state index in [4.69, 9.17) is 14.2 Å². The molecule has 3 aromatic rings. The quantitative estimate of drug-likeness (QED) is 0.516. The minimum atomic E-state index is -1.15. The van der Waals surface area contributed by atoms with Gasteiger partial charge in [0, 0.05) is 0 Å². The summed E-state index contributed by atoms with van der Waals surface area (Å²) in [5, 5.41) is 2.80. The van der Waals surface area contributed by atoms with Gasteiger partial charge in [-0.25, -0.2) is 4.79 Å². The number of nitrogens with one attached hydrogen (secondary N) is 1. The molecule has 35 heavy (non-hydrogen) atoms. The van der Waals surface area contributed by atoms with Gasteiger partial charge >= 0.3 is 5.97 Å². The van der Waals surface area contributed by atoms with E-state index in [-0.39, 0.29) is 11.5 Å². The monoisotopic (exact) mass is 474 g/mol. The number of fused-ring (bicyclic) bond motifs is 1. The highest BCUT2D eigenvalue weighted by atomic mass is 16.5. The van der Waals surface area contributed by atoms with Gasteiger partial charge in [0.1, 0.15) is 12.1 Å². The molecule has 8 heteroatoms. The minimum Gasteiger partial charge on any atom is -0.493 e. The number of amides is 2. The van der Waals surface area contributed by atoms with E-state index in [1.807, 2.05) is 30.3 Å². The summed E-state index contributed by atoms with van der Waals surface area (Å²) in [6, 6.07) is 21.3. The molecular weight excluding hydrogens is 448 g/mol. The van der Waals surface area contributed by atoms with E-state index in [0.29, 0.717) is 29.5 Å². The summed E-state index contributed by atoms with van der Waals surface area (Å²) < 4.78 is 16.5. The van der Waals surface area contributed by atoms with E-state index in [1.165, 1.54) is 18.1 Å². The molecule has 1 heterocycles. The van der Waals surface area contributed by atoms with E-state index in [2.05, 4.69) is 5.32 Å². The van der Waals surface area contributed by atoms with E-state index in [9.17, 15) is 14.4 Å². The smallest absolute Gasteiger partial charge is 0.338 e. The van der Waals surface area contributed by atoms with Crippen molar-refractivity contribution in [3.8, 4) is 11.5 Å². The molecule has 8 nitrogen and oxygen atoms in total. The van der Waals surface area contributed by atoms with Crippen molar-refractivity contribution in [1.29, 1.82) is 0 Å². The third kappa shape index (κ3) is 4.96. The molecule has 0 spiro atoms. The molecule has 0 atom stereocenters. The Kier molecular flexibility index (Phi) is 6.73. The molecule has 3 aromatic carbocycles. The van der Waals surface area contributed by atoms with Gasteiger partial charge in [-0.2, -0.15) is 0 Å². The fraction of sp³-hybridized carbons (Fsp3) is 0.222. The Labute approximate surface area is 203 Å². The SMILES string of the molecule is COc1cc(C(=O)OCC(=O)N2c3ccccc3NC(=O)C2(C)C)ccc1OCc1ccccc1. The highest BCUT2D eigenvalue weighted by molar-refractivity contribution is 6.14. The molecule has 0 saturated heterocycles. The molecule has 0 bridgehead atoms. The predicted molar refractivity (Wildman–Crippen MR) is 131 cm³/mol. The van der Waals surface area contributed by atoms with E-state index in [1.54, 1.807) is 50.2 Å². The van der Waals surface area contributed by atoms with Crippen LogP contribution in [0, 0.1) is 0 Å². The van der Waals surface area contributed by atoms with Gasteiger partial charge in [-0.05, 0) is 49.7 Å². The first kappa shape index (κ1) is 23.8. The molecule has 1 aliphatic rings. The van der Waals surface area contributed by atoms with Gasteiger partial charge in [-0.3, -0.25) is 14.5 Å². The summed E-state index contributed by atoms with van der Waals surface area (Å²) in [4.78, 5) is 39.7. The second-order valence-corrected chi connectivity index (χ2v) is 8.48. The summed E-state index contributed by atoms with van der Waals surface area (Å²) in [6.07, 6.45) is 0. The molecule has 180 valence electrons. The first-order valence-corrected chi connectivity index (χ1v) is 11.1. The predicted octanol–water partition coefficient (Wildman–Crippen LogP) is 4.19. The van der Waals surface area contributed by atoms with Gasteiger partial charge < -0.3 is 19.5 Å². The van der Waals surface area contributed by atoms with Crippen LogP contribution in [0.1, 0.15) is 29.8 Å². The van der Waals surface area contributed by atoms with Crippen LogP contribution in [0.15, 0.2) is 72.8 Å². The number of ether oxygens (including phenoxy) is 3. The van der Waals surface area contributed by atoms with Crippen molar-refractivity contribution in [2.75, 3.05) is 23.9 Å². The number of hydrogen-bond acceptors (Lipinski definition) is 6. The van der Waals surface area contributed by atoms with Crippen LogP contribution in [-0.4, -0.2) is 37.0 Å². The van der Waals surface area contributed by atoms with Crippen LogP contribution in [0.4, 0.5) is 11.4 Å². The Morgan fingerprint density at radius 1 is 0.943 bits per heavy atom. The van der Waals surface area contributed by atoms with Gasteiger partial charge in [-0.15, -0.1) is 0 Å². The van der Waals surface area contributed by atoms with Crippen molar-refractivity contribution in [1.82, 2.24) is 0 Å². The number of rotatable bonds is 7. The second-order valence-electron chi connectivity index (χ2n) is 8.48. The van der Waals surface area contributed by atoms with Crippen LogP contribution in [0.5, 0.6) is 11.5 Å². The summed E-state index contributed by atoms with van der Waals surface area (Å²) >= 11 is 0. The van der Waals surface area contributed by atoms with Gasteiger partial charge in [0.2, 0.25) is 5.91 Å². The fourth-order valence-corrected chi connectivity index (χ4v) is 3.82. The topological polar surface area (TPSA) is 94.2 Å². The number of anilines is 2. The van der Waals surface area contributed by atoms with Crippen molar-refractivity contribution < 1.29 is 28.6 Å². The van der Waals surface area contributed by atoms with Crippen molar-refractivity contribution in [2.24, 2.45) is 0 Å². The Bertz CT molecular complexity index is 1260. The second kappa shape index (κ2) is 9.89. The normalized spacial score (nSPS) is 13.9. The number of para-hydroxylation sites is 2. The van der Waals surface area contributed by atoms with Gasteiger partial charge in [0.25, 0.3) is 5.91 Å². The Hall–Kier alpha value is -4.33. The Morgan fingerprint density at radius 3 is 2.40 bits per heavy atom. The zero-order chi connectivity index (χ0) is 25.0. The first-order valence-electron chi connectivity index (χ1n) is 11.1. The van der Waals surface area contributed by atoms with Gasteiger partial charge in [-0.1, -0.05) is 42.5 Å². The molecule has 0 saturated carbocycles. The summed E-state index contributed by atoms with van der Waals surface area (Å²) in [7, 11) is 1.48. The molecule has 0 aromatic heterocycles. The average molecular weight is 475 g/mol. The highest BCUT2D eigenvalue weighted by Crippen LogP contribution is 2.36. The zero-order valence-electron chi connectivity index (χ0n) is 19.7. The first-order chi connectivity index (χ1) is 16.8. The number of hydrogen-bond donors (Lipinski definition) is 1. The molecule has 2 amide bonds. The maximum Gasteiger partial charge on any atom is 0.338 e. The fourth-order valence-electron chi connectivity index (χ4n) is 3.82. The molecule has 0 radical (unpaired) electrons. The van der Waals surface area contributed by atoms with E-state index >= 15 is 0 Å². The third-order valence-electron chi connectivity index (χ3n) is 5.72. The third-order valence-corrected chi connectivity index (χ3v) is 5.72. The lowest BCUT2D eigenvalue weighted by Gasteiger charge is -2.41. The number of benzene rings is 3. The maximum atomic E-state index is 13.1. The maximum absolute atomic E-state index is 13.1. The Morgan fingerprint density at radius 2 is 1.66 bits per heavy atom. The summed E-state index contributed by atoms with van der Waals surface area (Å²) in [6.45, 7) is 3.09. The number of carbonyl (C=O) groups is 3. The standard InChI is InChI=1S/C27H26N2O6/c1-27(2)26(32)28-20-11-7-8-12-21(20)29(27)24(30)17-35-25(31)19-13-14-22(23(15-19)33-3)34-16-18-9-5-4-6-10-18/h4-15H,16-17H2,1-3H3,(H,28,32). The highest BCUT2D eigenvalue weighted by Gasteiger charge is 2.43. The van der Waals surface area contributed by atoms with Gasteiger partial charge in [0.05, 0.1) is 24.0 Å². The van der Waals surface area contributed by atoms with Crippen molar-refractivity contribution >= 4 is 29.2 Å². The summed E-state index contributed by atoms with van der Waals surface area (Å²) in [5.74, 6) is -0.697. The zero-order valence-corrected chi connectivity index (χ0v) is 19.7. The van der Waals surface area contributed by atoms with Crippen molar-refractivity contribution in [3.05, 3.63) is 83.9 Å². The van der Waals surface area contributed by atoms with Crippen LogP contribution < -0.4 is 19.7 Å². The molecule has 4 rings (SSSR count). The Balaban J connectivity index is 1.44. The van der Waals surface area contributed by atoms with Crippen molar-refractivity contribution in [3.63, 3.8) is 0 Å². The summed E-state index contributed by atoms with van der Waals surface area (Å²) in [5.41, 5.74) is 1.11. The van der Waals surface area contributed by atoms with Crippen LogP contribution in [0.2, 0.25) is 0 Å². The van der Waals surface area contributed by atoms with Crippen LogP contribution in [-0.2, 0) is 20.9 Å². The van der Waals surface area contributed by atoms with Crippen LogP contribution >= 0.6 is 0 Å². The molecular formula is C27H26N2O6. The largest absolute Gasteiger partial charge is 0.493 e. The number of carbonyl (C=O) groups excluding carboxylic acids is 3. The van der Waals surface area contributed by atoms with Crippen LogP contribution in [0.3, 0.4) is 0 Å². The molecule has 0 unspecified atom stereocenters. The number of methoxy groups -OCH3 is 1. The number of nitrogens with zero attached hydrogens (tertiary/aromatic N) is 1. The average Bonchev–Trinajstić information content (AvgIpc) is 2.87. The molecule has 0 fully saturated rings. The lowest BCUT2D eigenvalue weighted by atomic mass is 9.96. The van der Waals surface area contributed by atoms with Crippen LogP contribution in [0.25, 0.3) is 0 Å². The lowest BCUT2D eigenvalue weighted by molar-refractivity contribution is -0.128. The lowest BCUT2D eigenvalue weighted by Crippen LogP contribution is -2.59. The molecule has 0 aliphatic carbocycles. The van der Waals surface area contributed by atoms with Crippen molar-refractivity contribution in [2.45, 2.75) is 26.0 Å². The van der Waals surface area contributed by atoms with E-state index < -0.39 is 24.0 Å².